The molecule has 15 heavy (non-hydrogen) atoms. The van der Waals surface area contributed by atoms with E-state index < -0.39 is 7.12 Å². The highest BCUT2D eigenvalue weighted by molar-refractivity contribution is 7.27. The summed E-state index contributed by atoms with van der Waals surface area (Å²) in [4.78, 5) is 5.55. The predicted octanol–water partition coefficient (Wildman–Crippen LogP) is 0.565. The monoisotopic (exact) mass is 241 g/mol. The second kappa shape index (κ2) is 3.94. The van der Waals surface area contributed by atoms with Gasteiger partial charge in [0.1, 0.15) is 5.01 Å². The Morgan fingerprint density at radius 3 is 2.47 bits per heavy atom. The van der Waals surface area contributed by atoms with Crippen molar-refractivity contribution in [2.45, 2.75) is 6.92 Å². The normalized spacial score (nSPS) is 10.6. The standard InChI is InChI=1S/C8H8BNO3S2/c1-4-7(11)10-8(14-4)5-2-3-6(15-5)9(12)13/h2-3,11-13H,1H3. The molecule has 0 saturated carbocycles. The third-order valence-electron chi connectivity index (χ3n) is 1.86. The number of thiophene rings is 1. The van der Waals surface area contributed by atoms with Gasteiger partial charge in [0.15, 0.2) is 0 Å². The molecule has 2 rings (SSSR count). The van der Waals surface area contributed by atoms with E-state index in [1.807, 2.05) is 0 Å². The zero-order valence-electron chi connectivity index (χ0n) is 7.84. The minimum atomic E-state index is -1.45. The molecule has 0 bridgehead atoms. The third-order valence-corrected chi connectivity index (χ3v) is 4.12. The first-order chi connectivity index (χ1) is 7.08. The Labute approximate surface area is 94.6 Å². The molecule has 2 heterocycles. The van der Waals surface area contributed by atoms with E-state index in [0.717, 1.165) is 9.75 Å². The summed E-state index contributed by atoms with van der Waals surface area (Å²) in [5.74, 6) is 0.0366. The number of aromatic nitrogens is 1. The largest absolute Gasteiger partial charge is 0.499 e. The molecule has 0 radical (unpaired) electrons. The van der Waals surface area contributed by atoms with E-state index in [-0.39, 0.29) is 5.88 Å². The van der Waals surface area contributed by atoms with Gasteiger partial charge in [0.05, 0.1) is 9.75 Å². The lowest BCUT2D eigenvalue weighted by molar-refractivity contribution is 0.427. The third kappa shape index (κ3) is 2.05. The summed E-state index contributed by atoms with van der Waals surface area (Å²) in [6.07, 6.45) is 0. The highest BCUT2D eigenvalue weighted by atomic mass is 32.1. The molecule has 0 fully saturated rings. The Balaban J connectivity index is 2.37. The lowest BCUT2D eigenvalue weighted by atomic mass is 9.90. The SMILES string of the molecule is Cc1sc(-c2ccc(B(O)O)s2)nc1O. The van der Waals surface area contributed by atoms with Crippen molar-refractivity contribution in [3.63, 3.8) is 0 Å². The van der Waals surface area contributed by atoms with Crippen molar-refractivity contribution in [1.82, 2.24) is 4.98 Å². The summed E-state index contributed by atoms with van der Waals surface area (Å²) >= 11 is 2.63. The van der Waals surface area contributed by atoms with Crippen LogP contribution in [0.5, 0.6) is 5.88 Å². The summed E-state index contributed by atoms with van der Waals surface area (Å²) in [5, 5.41) is 27.9. The van der Waals surface area contributed by atoms with Crippen molar-refractivity contribution < 1.29 is 15.2 Å². The van der Waals surface area contributed by atoms with Gasteiger partial charge in [-0.1, -0.05) is 6.07 Å². The first-order valence-corrected chi connectivity index (χ1v) is 5.84. The highest BCUT2D eigenvalue weighted by Gasteiger charge is 2.16. The fourth-order valence-electron chi connectivity index (χ4n) is 1.10. The maximum absolute atomic E-state index is 9.32. The molecule has 0 aliphatic rings. The maximum atomic E-state index is 9.32. The summed E-state index contributed by atoms with van der Waals surface area (Å²) in [6, 6.07) is 3.40. The van der Waals surface area contributed by atoms with Crippen molar-refractivity contribution >= 4 is 34.6 Å². The van der Waals surface area contributed by atoms with Crippen LogP contribution >= 0.6 is 22.7 Å². The number of nitrogens with zero attached hydrogens (tertiary/aromatic N) is 1. The van der Waals surface area contributed by atoms with Gasteiger partial charge in [0.25, 0.3) is 0 Å². The number of aromatic hydroxyl groups is 1. The van der Waals surface area contributed by atoms with Crippen LogP contribution in [-0.2, 0) is 0 Å². The number of thiazole rings is 1. The smallest absolute Gasteiger partial charge is 0.492 e. The van der Waals surface area contributed by atoms with Crippen molar-refractivity contribution in [3.8, 4) is 15.8 Å². The number of aryl methyl sites for hydroxylation is 1. The minimum absolute atomic E-state index is 0.0366. The van der Waals surface area contributed by atoms with Gasteiger partial charge in [-0.15, -0.1) is 22.7 Å². The van der Waals surface area contributed by atoms with E-state index in [2.05, 4.69) is 4.98 Å². The molecule has 0 aliphatic heterocycles. The fourth-order valence-corrected chi connectivity index (χ4v) is 2.84. The molecule has 0 unspecified atom stereocenters. The zero-order chi connectivity index (χ0) is 11.0. The summed E-state index contributed by atoms with van der Waals surface area (Å²) in [5.41, 5.74) is 0. The molecule has 7 heteroatoms. The topological polar surface area (TPSA) is 73.6 Å². The Morgan fingerprint density at radius 1 is 1.27 bits per heavy atom. The molecule has 78 valence electrons. The molecule has 0 aliphatic carbocycles. The van der Waals surface area contributed by atoms with Crippen LogP contribution in [0.3, 0.4) is 0 Å². The van der Waals surface area contributed by atoms with Gasteiger partial charge in [-0.25, -0.2) is 4.98 Å². The second-order valence-electron chi connectivity index (χ2n) is 2.97. The molecule has 0 amide bonds. The van der Waals surface area contributed by atoms with Crippen molar-refractivity contribution in [2.24, 2.45) is 0 Å². The fraction of sp³-hybridized carbons (Fsp3) is 0.125. The molecule has 0 spiro atoms. The van der Waals surface area contributed by atoms with Crippen LogP contribution in [0.25, 0.3) is 9.88 Å². The van der Waals surface area contributed by atoms with E-state index >= 15 is 0 Å². The highest BCUT2D eigenvalue weighted by Crippen LogP contribution is 2.32. The molecule has 0 saturated heterocycles. The lowest BCUT2D eigenvalue weighted by Crippen LogP contribution is -2.26. The number of rotatable bonds is 2. The lowest BCUT2D eigenvalue weighted by Gasteiger charge is -1.90. The van der Waals surface area contributed by atoms with Crippen molar-refractivity contribution in [2.75, 3.05) is 0 Å². The Hall–Kier alpha value is -0.885. The molecule has 4 nitrogen and oxygen atoms in total. The first kappa shape index (κ1) is 10.6. The quantitative estimate of drug-likeness (QED) is 0.672. The van der Waals surface area contributed by atoms with Crippen LogP contribution in [-0.4, -0.2) is 27.3 Å². The van der Waals surface area contributed by atoms with Crippen molar-refractivity contribution in [1.29, 1.82) is 0 Å². The van der Waals surface area contributed by atoms with Crippen LogP contribution in [0.1, 0.15) is 4.88 Å². The van der Waals surface area contributed by atoms with Crippen LogP contribution in [0.4, 0.5) is 0 Å². The van der Waals surface area contributed by atoms with Gasteiger partial charge >= 0.3 is 7.12 Å². The molecular formula is C8H8BNO3S2. The molecule has 3 N–H and O–H groups in total. The minimum Gasteiger partial charge on any atom is -0.492 e. The van der Waals surface area contributed by atoms with Gasteiger partial charge in [-0.2, -0.15) is 0 Å². The van der Waals surface area contributed by atoms with E-state index in [9.17, 15) is 5.11 Å². The van der Waals surface area contributed by atoms with Gasteiger partial charge in [0.2, 0.25) is 5.88 Å². The maximum Gasteiger partial charge on any atom is 0.499 e. The van der Waals surface area contributed by atoms with E-state index in [4.69, 9.17) is 10.0 Å². The zero-order valence-corrected chi connectivity index (χ0v) is 9.47. The summed E-state index contributed by atoms with van der Waals surface area (Å²) in [6.45, 7) is 1.78. The van der Waals surface area contributed by atoms with Crippen LogP contribution in [0.15, 0.2) is 12.1 Å². The van der Waals surface area contributed by atoms with Gasteiger partial charge in [-0.3, -0.25) is 0 Å². The van der Waals surface area contributed by atoms with E-state index in [0.29, 0.717) is 9.78 Å². The number of hydrogen-bond acceptors (Lipinski definition) is 6. The average molecular weight is 241 g/mol. The average Bonchev–Trinajstić information content (AvgIpc) is 2.74. The van der Waals surface area contributed by atoms with Gasteiger partial charge in [0, 0.05) is 4.78 Å². The Morgan fingerprint density at radius 2 is 2.00 bits per heavy atom. The summed E-state index contributed by atoms with van der Waals surface area (Å²) < 4.78 is 0.470. The van der Waals surface area contributed by atoms with Gasteiger partial charge in [-0.05, 0) is 13.0 Å². The molecule has 2 aromatic rings. The Kier molecular flexibility index (Phi) is 2.79. The molecular weight excluding hydrogens is 233 g/mol. The predicted molar refractivity (Wildman–Crippen MR) is 61.7 cm³/mol. The van der Waals surface area contributed by atoms with Crippen molar-refractivity contribution in [3.05, 3.63) is 17.0 Å². The van der Waals surface area contributed by atoms with E-state index in [1.54, 1.807) is 19.1 Å². The summed E-state index contributed by atoms with van der Waals surface area (Å²) in [7, 11) is -1.45. The van der Waals surface area contributed by atoms with Crippen LogP contribution in [0.2, 0.25) is 0 Å². The molecule has 0 aromatic carbocycles. The second-order valence-corrected chi connectivity index (χ2v) is 5.29. The molecule has 0 atom stereocenters. The Bertz CT molecular complexity index is 460. The van der Waals surface area contributed by atoms with E-state index in [1.165, 1.54) is 22.7 Å². The number of hydrogen-bond donors (Lipinski definition) is 3. The molecule has 2 aromatic heterocycles. The van der Waals surface area contributed by atoms with Crippen LogP contribution < -0.4 is 4.78 Å². The first-order valence-electron chi connectivity index (χ1n) is 4.20. The van der Waals surface area contributed by atoms with Gasteiger partial charge < -0.3 is 15.2 Å². The van der Waals surface area contributed by atoms with Crippen LogP contribution in [0, 0.1) is 6.92 Å².